The topological polar surface area (TPSA) is 42.3 Å². The van der Waals surface area contributed by atoms with Gasteiger partial charge >= 0.3 is 0 Å². The minimum absolute atomic E-state index is 0. The number of nitrogens with zero attached hydrogens (tertiary/aromatic N) is 3. The van der Waals surface area contributed by atoms with Crippen LogP contribution in [0.25, 0.3) is 0 Å². The molecule has 26 heavy (non-hydrogen) atoms. The van der Waals surface area contributed by atoms with Crippen LogP contribution in [0.1, 0.15) is 61.9 Å². The number of ether oxygens (including phenoxy) is 1. The standard InChI is InChI=1S/C19H32N4O.2ClH/c1-2-10-22(9-1)11-12-23-15-18(16-5-13-24-14-6-16)21-19(23)17-3-7-20-8-4-17;;/h15-17,20H,1-14H2;2*1H. The van der Waals surface area contributed by atoms with Gasteiger partial charge in [-0.25, -0.2) is 4.98 Å². The highest BCUT2D eigenvalue weighted by molar-refractivity contribution is 5.85. The summed E-state index contributed by atoms with van der Waals surface area (Å²) in [5, 5.41) is 3.49. The molecule has 3 fully saturated rings. The lowest BCUT2D eigenvalue weighted by molar-refractivity contribution is 0.0845. The van der Waals surface area contributed by atoms with Gasteiger partial charge in [-0.3, -0.25) is 0 Å². The monoisotopic (exact) mass is 404 g/mol. The Hall–Kier alpha value is -0.330. The van der Waals surface area contributed by atoms with Crippen molar-refractivity contribution in [2.24, 2.45) is 0 Å². The molecule has 1 aromatic rings. The van der Waals surface area contributed by atoms with Gasteiger partial charge in [0.25, 0.3) is 0 Å². The molecule has 5 nitrogen and oxygen atoms in total. The second-order valence-corrected chi connectivity index (χ2v) is 7.68. The van der Waals surface area contributed by atoms with Crippen molar-refractivity contribution in [2.75, 3.05) is 45.9 Å². The molecule has 0 radical (unpaired) electrons. The average Bonchev–Trinajstić information content (AvgIpc) is 3.31. The Morgan fingerprint density at radius 1 is 0.962 bits per heavy atom. The molecule has 150 valence electrons. The molecule has 0 spiro atoms. The Labute approximate surface area is 170 Å². The van der Waals surface area contributed by atoms with Gasteiger partial charge in [0.05, 0.1) is 5.69 Å². The first kappa shape index (κ1) is 22.0. The molecule has 3 aliphatic heterocycles. The quantitative estimate of drug-likeness (QED) is 0.817. The number of nitrogens with one attached hydrogen (secondary N) is 1. The van der Waals surface area contributed by atoms with Crippen molar-refractivity contribution in [3.63, 3.8) is 0 Å². The lowest BCUT2D eigenvalue weighted by Gasteiger charge is -2.24. The van der Waals surface area contributed by atoms with Crippen LogP contribution in [0.15, 0.2) is 6.20 Å². The summed E-state index contributed by atoms with van der Waals surface area (Å²) in [6, 6.07) is 0. The van der Waals surface area contributed by atoms with E-state index in [1.165, 1.54) is 56.8 Å². The van der Waals surface area contributed by atoms with E-state index in [0.717, 1.165) is 45.7 Å². The zero-order valence-corrected chi connectivity index (χ0v) is 17.3. The van der Waals surface area contributed by atoms with E-state index >= 15 is 0 Å². The average molecular weight is 405 g/mol. The Morgan fingerprint density at radius 2 is 1.65 bits per heavy atom. The van der Waals surface area contributed by atoms with Gasteiger partial charge in [0.15, 0.2) is 0 Å². The minimum Gasteiger partial charge on any atom is -0.381 e. The highest BCUT2D eigenvalue weighted by atomic mass is 35.5. The van der Waals surface area contributed by atoms with E-state index in [-0.39, 0.29) is 24.8 Å². The van der Waals surface area contributed by atoms with Gasteiger partial charge in [-0.05, 0) is 64.7 Å². The van der Waals surface area contributed by atoms with Crippen LogP contribution in [0.5, 0.6) is 0 Å². The molecule has 1 N–H and O–H groups in total. The molecule has 3 aliphatic rings. The molecule has 3 saturated heterocycles. The van der Waals surface area contributed by atoms with Gasteiger partial charge in [-0.2, -0.15) is 0 Å². The second-order valence-electron chi connectivity index (χ2n) is 7.68. The zero-order valence-electron chi connectivity index (χ0n) is 15.7. The van der Waals surface area contributed by atoms with Gasteiger partial charge in [0.1, 0.15) is 5.82 Å². The van der Waals surface area contributed by atoms with E-state index in [4.69, 9.17) is 9.72 Å². The van der Waals surface area contributed by atoms with Crippen LogP contribution < -0.4 is 5.32 Å². The fraction of sp³-hybridized carbons (Fsp3) is 0.842. The fourth-order valence-corrected chi connectivity index (χ4v) is 4.48. The van der Waals surface area contributed by atoms with Crippen molar-refractivity contribution >= 4 is 24.8 Å². The van der Waals surface area contributed by atoms with Crippen molar-refractivity contribution in [3.8, 4) is 0 Å². The molecule has 0 atom stereocenters. The lowest BCUT2D eigenvalue weighted by atomic mass is 9.96. The maximum atomic E-state index is 5.54. The molecule has 0 bridgehead atoms. The van der Waals surface area contributed by atoms with Gasteiger partial charge in [0.2, 0.25) is 0 Å². The van der Waals surface area contributed by atoms with Crippen LogP contribution in [0.3, 0.4) is 0 Å². The van der Waals surface area contributed by atoms with Crippen molar-refractivity contribution < 1.29 is 4.74 Å². The predicted octanol–water partition coefficient (Wildman–Crippen LogP) is 3.18. The summed E-state index contributed by atoms with van der Waals surface area (Å²) in [4.78, 5) is 7.78. The summed E-state index contributed by atoms with van der Waals surface area (Å²) in [6.45, 7) is 8.92. The lowest BCUT2D eigenvalue weighted by Crippen LogP contribution is -2.29. The van der Waals surface area contributed by atoms with Crippen LogP contribution in [-0.4, -0.2) is 60.4 Å². The third kappa shape index (κ3) is 5.35. The van der Waals surface area contributed by atoms with Crippen molar-refractivity contribution in [3.05, 3.63) is 17.7 Å². The van der Waals surface area contributed by atoms with Crippen LogP contribution in [0, 0.1) is 0 Å². The van der Waals surface area contributed by atoms with Crippen molar-refractivity contribution in [1.29, 1.82) is 0 Å². The van der Waals surface area contributed by atoms with Gasteiger partial charge < -0.3 is 19.5 Å². The SMILES string of the molecule is Cl.Cl.c1c(C2CCOCC2)nc(C2CCNCC2)n1CCN1CCCC1. The van der Waals surface area contributed by atoms with Crippen LogP contribution in [0.4, 0.5) is 0 Å². The molecule has 0 aliphatic carbocycles. The zero-order chi connectivity index (χ0) is 16.2. The molecule has 0 unspecified atom stereocenters. The number of rotatable bonds is 5. The van der Waals surface area contributed by atoms with Gasteiger partial charge in [-0.15, -0.1) is 24.8 Å². The number of hydrogen-bond donors (Lipinski definition) is 1. The molecular formula is C19H34Cl2N4O. The van der Waals surface area contributed by atoms with E-state index in [0.29, 0.717) is 11.8 Å². The normalized spacial score (nSPS) is 22.8. The smallest absolute Gasteiger partial charge is 0.112 e. The fourth-order valence-electron chi connectivity index (χ4n) is 4.48. The molecule has 4 rings (SSSR count). The van der Waals surface area contributed by atoms with E-state index in [1.807, 2.05) is 0 Å². The highest BCUT2D eigenvalue weighted by Gasteiger charge is 2.25. The van der Waals surface area contributed by atoms with Crippen LogP contribution in [0.2, 0.25) is 0 Å². The summed E-state index contributed by atoms with van der Waals surface area (Å²) < 4.78 is 8.04. The summed E-state index contributed by atoms with van der Waals surface area (Å²) in [5.41, 5.74) is 1.33. The first-order chi connectivity index (χ1) is 11.9. The first-order valence-electron chi connectivity index (χ1n) is 9.98. The predicted molar refractivity (Wildman–Crippen MR) is 110 cm³/mol. The van der Waals surface area contributed by atoms with Crippen molar-refractivity contribution in [2.45, 2.75) is 56.9 Å². The molecular weight excluding hydrogens is 371 g/mol. The number of halogens is 2. The number of hydrogen-bond acceptors (Lipinski definition) is 4. The molecule has 1 aromatic heterocycles. The Bertz CT molecular complexity index is 522. The molecule has 0 aromatic carbocycles. The number of likely N-dealkylation sites (tertiary alicyclic amines) is 1. The number of aromatic nitrogens is 2. The molecule has 4 heterocycles. The van der Waals surface area contributed by atoms with E-state index < -0.39 is 0 Å². The first-order valence-corrected chi connectivity index (χ1v) is 9.98. The maximum Gasteiger partial charge on any atom is 0.112 e. The second kappa shape index (κ2) is 10.9. The third-order valence-corrected chi connectivity index (χ3v) is 6.03. The number of imidazole rings is 1. The summed E-state index contributed by atoms with van der Waals surface area (Å²) in [7, 11) is 0. The summed E-state index contributed by atoms with van der Waals surface area (Å²) in [5.74, 6) is 2.60. The molecule has 7 heteroatoms. The Balaban J connectivity index is 0.00000121. The van der Waals surface area contributed by atoms with Crippen LogP contribution in [-0.2, 0) is 11.3 Å². The molecule has 0 saturated carbocycles. The van der Waals surface area contributed by atoms with E-state index in [1.54, 1.807) is 0 Å². The Morgan fingerprint density at radius 3 is 2.35 bits per heavy atom. The van der Waals surface area contributed by atoms with E-state index in [2.05, 4.69) is 21.0 Å². The van der Waals surface area contributed by atoms with E-state index in [9.17, 15) is 0 Å². The molecule has 0 amide bonds. The maximum absolute atomic E-state index is 5.54. The van der Waals surface area contributed by atoms with Crippen LogP contribution >= 0.6 is 24.8 Å². The Kier molecular flexibility index (Phi) is 9.18. The van der Waals surface area contributed by atoms with Gasteiger partial charge in [0, 0.05) is 44.3 Å². The third-order valence-electron chi connectivity index (χ3n) is 6.03. The minimum atomic E-state index is 0. The highest BCUT2D eigenvalue weighted by Crippen LogP contribution is 2.30. The van der Waals surface area contributed by atoms with Gasteiger partial charge in [-0.1, -0.05) is 0 Å². The number of piperidine rings is 1. The largest absolute Gasteiger partial charge is 0.381 e. The summed E-state index contributed by atoms with van der Waals surface area (Å²) >= 11 is 0. The van der Waals surface area contributed by atoms with Crippen molar-refractivity contribution in [1.82, 2.24) is 19.8 Å². The summed E-state index contributed by atoms with van der Waals surface area (Å²) in [6.07, 6.45) is 9.85.